The molecule has 0 aromatic carbocycles. The van der Waals surface area contributed by atoms with E-state index in [2.05, 4.69) is 10.0 Å². The van der Waals surface area contributed by atoms with Gasteiger partial charge in [0.25, 0.3) is 10.0 Å². The first-order valence-electron chi connectivity index (χ1n) is 6.73. The van der Waals surface area contributed by atoms with Crippen LogP contribution in [0.3, 0.4) is 0 Å². The molecule has 1 aromatic rings. The van der Waals surface area contributed by atoms with Gasteiger partial charge in [-0.1, -0.05) is 13.8 Å². The fourth-order valence-electron chi connectivity index (χ4n) is 1.90. The van der Waals surface area contributed by atoms with Crippen molar-refractivity contribution in [2.24, 2.45) is 5.92 Å². The van der Waals surface area contributed by atoms with Gasteiger partial charge in [-0.25, -0.2) is 13.1 Å². The van der Waals surface area contributed by atoms with Crippen LogP contribution in [0.5, 0.6) is 0 Å². The van der Waals surface area contributed by atoms with Crippen molar-refractivity contribution in [3.05, 3.63) is 17.9 Å². The molecule has 1 aromatic heterocycles. The second-order valence-electron chi connectivity index (χ2n) is 5.50. The lowest BCUT2D eigenvalue weighted by atomic mass is 10.2. The second-order valence-corrected chi connectivity index (χ2v) is 7.15. The van der Waals surface area contributed by atoms with E-state index < -0.39 is 10.0 Å². The van der Waals surface area contributed by atoms with Gasteiger partial charge >= 0.3 is 0 Å². The summed E-state index contributed by atoms with van der Waals surface area (Å²) in [6.07, 6.45) is 2.21. The van der Waals surface area contributed by atoms with Crippen LogP contribution in [0.15, 0.2) is 21.6 Å². The molecule has 19 heavy (non-hydrogen) atoms. The molecule has 5 nitrogen and oxygen atoms in total. The number of hydrogen-bond donors (Lipinski definition) is 2. The number of furan rings is 1. The molecule has 1 heterocycles. The fourth-order valence-corrected chi connectivity index (χ4v) is 3.16. The standard InChI is InChI=1S/C13H22N2O3S/c1-9(2)14-8-12-6-7-13(18-12)19(16,17)15-10(3)11-4-5-11/h6-7,9-11,14-15H,4-5,8H2,1-3H3. The average Bonchev–Trinajstić information content (AvgIpc) is 3.04. The lowest BCUT2D eigenvalue weighted by Gasteiger charge is -2.11. The Balaban J connectivity index is 1.99. The van der Waals surface area contributed by atoms with Crippen molar-refractivity contribution in [2.75, 3.05) is 0 Å². The van der Waals surface area contributed by atoms with Gasteiger partial charge in [-0.2, -0.15) is 0 Å². The van der Waals surface area contributed by atoms with Crippen LogP contribution in [-0.2, 0) is 16.6 Å². The van der Waals surface area contributed by atoms with Crippen molar-refractivity contribution >= 4 is 10.0 Å². The normalized spacial score (nSPS) is 17.9. The molecule has 0 bridgehead atoms. The number of rotatable bonds is 7. The molecule has 1 atom stereocenters. The predicted octanol–water partition coefficient (Wildman–Crippen LogP) is 1.85. The molecule has 6 heteroatoms. The van der Waals surface area contributed by atoms with E-state index >= 15 is 0 Å². The van der Waals surface area contributed by atoms with Crippen LogP contribution in [0.1, 0.15) is 39.4 Å². The summed E-state index contributed by atoms with van der Waals surface area (Å²) in [5, 5.41) is 3.19. The van der Waals surface area contributed by atoms with E-state index in [0.29, 0.717) is 24.3 Å². The molecule has 2 N–H and O–H groups in total. The molecule has 0 spiro atoms. The van der Waals surface area contributed by atoms with Gasteiger partial charge in [0.2, 0.25) is 5.09 Å². The Morgan fingerprint density at radius 1 is 1.32 bits per heavy atom. The third-order valence-electron chi connectivity index (χ3n) is 3.26. The Hall–Kier alpha value is -0.850. The highest BCUT2D eigenvalue weighted by Gasteiger charge is 2.32. The van der Waals surface area contributed by atoms with Crippen LogP contribution in [0, 0.1) is 5.92 Å². The van der Waals surface area contributed by atoms with Crippen molar-refractivity contribution in [1.29, 1.82) is 0 Å². The fraction of sp³-hybridized carbons (Fsp3) is 0.692. The maximum atomic E-state index is 12.1. The van der Waals surface area contributed by atoms with Gasteiger partial charge in [0.05, 0.1) is 6.54 Å². The first-order chi connectivity index (χ1) is 8.88. The van der Waals surface area contributed by atoms with Gasteiger partial charge in [0.1, 0.15) is 5.76 Å². The van der Waals surface area contributed by atoms with Crippen molar-refractivity contribution in [3.8, 4) is 0 Å². The second kappa shape index (κ2) is 5.64. The highest BCUT2D eigenvalue weighted by Crippen LogP contribution is 2.33. The van der Waals surface area contributed by atoms with Gasteiger partial charge < -0.3 is 9.73 Å². The van der Waals surface area contributed by atoms with Crippen LogP contribution in [-0.4, -0.2) is 20.5 Å². The molecule has 1 fully saturated rings. The van der Waals surface area contributed by atoms with Gasteiger partial charge in [-0.15, -0.1) is 0 Å². The molecule has 0 radical (unpaired) electrons. The SMILES string of the molecule is CC(C)NCc1ccc(S(=O)(=O)NC(C)C2CC2)o1. The van der Waals surface area contributed by atoms with Crippen molar-refractivity contribution < 1.29 is 12.8 Å². The van der Waals surface area contributed by atoms with E-state index in [0.717, 1.165) is 12.8 Å². The first kappa shape index (κ1) is 14.6. The highest BCUT2D eigenvalue weighted by molar-refractivity contribution is 7.89. The molecule has 0 amide bonds. The van der Waals surface area contributed by atoms with Gasteiger partial charge in [0, 0.05) is 12.1 Å². The Morgan fingerprint density at radius 3 is 2.58 bits per heavy atom. The largest absolute Gasteiger partial charge is 0.447 e. The Bertz CT molecular complexity index is 518. The molecule has 1 aliphatic rings. The lowest BCUT2D eigenvalue weighted by molar-refractivity contribution is 0.390. The summed E-state index contributed by atoms with van der Waals surface area (Å²) >= 11 is 0. The zero-order valence-corrected chi connectivity index (χ0v) is 12.5. The summed E-state index contributed by atoms with van der Waals surface area (Å²) in [7, 11) is -3.53. The summed E-state index contributed by atoms with van der Waals surface area (Å²) in [5.41, 5.74) is 0. The Labute approximate surface area is 114 Å². The van der Waals surface area contributed by atoms with E-state index in [1.807, 2.05) is 20.8 Å². The molecule has 0 saturated heterocycles. The monoisotopic (exact) mass is 286 g/mol. The molecule has 108 valence electrons. The predicted molar refractivity (Wildman–Crippen MR) is 73.2 cm³/mol. The van der Waals surface area contributed by atoms with Crippen molar-refractivity contribution in [1.82, 2.24) is 10.0 Å². The summed E-state index contributed by atoms with van der Waals surface area (Å²) in [4.78, 5) is 0. The topological polar surface area (TPSA) is 71.3 Å². The van der Waals surface area contributed by atoms with Crippen molar-refractivity contribution in [3.63, 3.8) is 0 Å². The van der Waals surface area contributed by atoms with E-state index in [1.54, 1.807) is 6.07 Å². The molecule has 0 aliphatic heterocycles. The highest BCUT2D eigenvalue weighted by atomic mass is 32.2. The summed E-state index contributed by atoms with van der Waals surface area (Å²) < 4.78 is 32.3. The number of sulfonamides is 1. The third kappa shape index (κ3) is 4.06. The summed E-state index contributed by atoms with van der Waals surface area (Å²) in [6.45, 7) is 6.49. The van der Waals surface area contributed by atoms with Crippen molar-refractivity contribution in [2.45, 2.75) is 57.3 Å². The van der Waals surface area contributed by atoms with Crippen LogP contribution in [0.25, 0.3) is 0 Å². The van der Waals surface area contributed by atoms with Crippen LogP contribution in [0.2, 0.25) is 0 Å². The van der Waals surface area contributed by atoms with Crippen LogP contribution >= 0.6 is 0 Å². The van der Waals surface area contributed by atoms with E-state index in [1.165, 1.54) is 6.07 Å². The molecule has 1 unspecified atom stereocenters. The maximum absolute atomic E-state index is 12.1. The zero-order valence-electron chi connectivity index (χ0n) is 11.6. The molecule has 1 aliphatic carbocycles. The van der Waals surface area contributed by atoms with Gasteiger partial charge in [-0.05, 0) is 37.8 Å². The molecule has 1 saturated carbocycles. The molecular formula is C13H22N2O3S. The summed E-state index contributed by atoms with van der Waals surface area (Å²) in [6, 6.07) is 3.52. The lowest BCUT2D eigenvalue weighted by Crippen LogP contribution is -2.33. The maximum Gasteiger partial charge on any atom is 0.274 e. The minimum absolute atomic E-state index is 0.000515. The molecule has 2 rings (SSSR count). The smallest absolute Gasteiger partial charge is 0.274 e. The number of hydrogen-bond acceptors (Lipinski definition) is 4. The summed E-state index contributed by atoms with van der Waals surface area (Å²) in [5.74, 6) is 1.11. The minimum Gasteiger partial charge on any atom is -0.447 e. The molecular weight excluding hydrogens is 264 g/mol. The quantitative estimate of drug-likeness (QED) is 0.802. The van der Waals surface area contributed by atoms with Gasteiger partial charge in [0.15, 0.2) is 0 Å². The Morgan fingerprint density at radius 2 is 2.00 bits per heavy atom. The number of nitrogens with one attached hydrogen (secondary N) is 2. The zero-order chi connectivity index (χ0) is 14.0. The first-order valence-corrected chi connectivity index (χ1v) is 8.21. The average molecular weight is 286 g/mol. The third-order valence-corrected chi connectivity index (χ3v) is 4.69. The van der Waals surface area contributed by atoms with E-state index in [-0.39, 0.29) is 11.1 Å². The van der Waals surface area contributed by atoms with Crippen LogP contribution in [0.4, 0.5) is 0 Å². The van der Waals surface area contributed by atoms with Crippen LogP contribution < -0.4 is 10.0 Å². The minimum atomic E-state index is -3.53. The van der Waals surface area contributed by atoms with E-state index in [4.69, 9.17) is 4.42 Å². The van der Waals surface area contributed by atoms with Gasteiger partial charge in [-0.3, -0.25) is 0 Å². The Kier molecular flexibility index (Phi) is 4.32. The van der Waals surface area contributed by atoms with E-state index in [9.17, 15) is 8.42 Å².